The number of nitrogens with zero attached hydrogens (tertiary/aromatic N) is 2. The topological polar surface area (TPSA) is 75.0 Å². The Bertz CT molecular complexity index is 1010. The fourth-order valence-electron chi connectivity index (χ4n) is 3.70. The Morgan fingerprint density at radius 3 is 2.57 bits per heavy atom. The molecule has 0 atom stereocenters. The lowest BCUT2D eigenvalue weighted by molar-refractivity contribution is 0.0892. The predicted octanol–water partition coefficient (Wildman–Crippen LogP) is 4.23. The Balaban J connectivity index is 1.33. The minimum atomic E-state index is -0.0186. The molecule has 0 saturated heterocycles. The van der Waals surface area contributed by atoms with E-state index in [-0.39, 0.29) is 18.1 Å². The normalized spacial score (nSPS) is 19.0. The number of nitriles is 1. The molecule has 1 aliphatic carbocycles. The van der Waals surface area contributed by atoms with Crippen molar-refractivity contribution in [2.75, 3.05) is 0 Å². The van der Waals surface area contributed by atoms with E-state index in [2.05, 4.69) is 10.3 Å². The number of amides is 1. The summed E-state index contributed by atoms with van der Waals surface area (Å²) in [5, 5.41) is 14.1. The number of ether oxygens (including phenoxy) is 1. The smallest absolute Gasteiger partial charge is 0.252 e. The summed E-state index contributed by atoms with van der Waals surface area (Å²) in [6.07, 6.45) is 5.08. The van der Waals surface area contributed by atoms with Crippen LogP contribution in [0.4, 0.5) is 0 Å². The molecule has 1 saturated carbocycles. The Labute approximate surface area is 164 Å². The first-order chi connectivity index (χ1) is 13.7. The van der Waals surface area contributed by atoms with E-state index in [0.717, 1.165) is 42.0 Å². The Morgan fingerprint density at radius 1 is 1.04 bits per heavy atom. The lowest BCUT2D eigenvalue weighted by atomic mass is 9.92. The van der Waals surface area contributed by atoms with Gasteiger partial charge in [-0.25, -0.2) is 4.98 Å². The molecule has 1 aliphatic rings. The number of carbonyl (C=O) groups excluding carboxylic acids is 1. The Kier molecular flexibility index (Phi) is 5.20. The van der Waals surface area contributed by atoms with Crippen molar-refractivity contribution in [1.82, 2.24) is 10.3 Å². The summed E-state index contributed by atoms with van der Waals surface area (Å²) >= 11 is 0. The van der Waals surface area contributed by atoms with Gasteiger partial charge in [0.1, 0.15) is 12.2 Å². The van der Waals surface area contributed by atoms with Crippen molar-refractivity contribution in [2.24, 2.45) is 0 Å². The Hall–Kier alpha value is -3.39. The molecule has 2 aromatic carbocycles. The Morgan fingerprint density at radius 2 is 1.82 bits per heavy atom. The van der Waals surface area contributed by atoms with E-state index in [1.807, 2.05) is 48.5 Å². The van der Waals surface area contributed by atoms with Crippen LogP contribution in [0.3, 0.4) is 0 Å². The minimum absolute atomic E-state index is 0.0186. The van der Waals surface area contributed by atoms with Gasteiger partial charge in [0.15, 0.2) is 0 Å². The molecule has 0 radical (unpaired) electrons. The second-order valence-corrected chi connectivity index (χ2v) is 7.09. The fraction of sp³-hybridized carbons (Fsp3) is 0.261. The van der Waals surface area contributed by atoms with Crippen LogP contribution in [0.15, 0.2) is 60.8 Å². The maximum Gasteiger partial charge on any atom is 0.252 e. The van der Waals surface area contributed by atoms with Crippen LogP contribution in [0.25, 0.3) is 10.8 Å². The number of pyridine rings is 1. The van der Waals surface area contributed by atoms with E-state index in [4.69, 9.17) is 10.00 Å². The molecule has 1 amide bonds. The SMILES string of the molecule is N#Cc1ccc(OC2CCC(NC(=O)c3cccc4ccccc34)CC2)nc1. The maximum absolute atomic E-state index is 12.8. The number of rotatable bonds is 4. The molecule has 28 heavy (non-hydrogen) atoms. The molecule has 5 nitrogen and oxygen atoms in total. The van der Waals surface area contributed by atoms with E-state index in [1.54, 1.807) is 12.1 Å². The van der Waals surface area contributed by atoms with Crippen LogP contribution in [0.5, 0.6) is 5.88 Å². The largest absolute Gasteiger partial charge is 0.474 e. The summed E-state index contributed by atoms with van der Waals surface area (Å²) in [6.45, 7) is 0. The number of benzene rings is 2. The van der Waals surface area contributed by atoms with Crippen LogP contribution in [0, 0.1) is 11.3 Å². The third-order valence-corrected chi connectivity index (χ3v) is 5.20. The van der Waals surface area contributed by atoms with Gasteiger partial charge in [0.05, 0.1) is 5.56 Å². The van der Waals surface area contributed by atoms with Crippen molar-refractivity contribution in [2.45, 2.75) is 37.8 Å². The highest BCUT2D eigenvalue weighted by atomic mass is 16.5. The van der Waals surface area contributed by atoms with Gasteiger partial charge in [-0.15, -0.1) is 0 Å². The zero-order chi connectivity index (χ0) is 19.3. The highest BCUT2D eigenvalue weighted by molar-refractivity contribution is 6.07. The average Bonchev–Trinajstić information content (AvgIpc) is 2.75. The van der Waals surface area contributed by atoms with Crippen molar-refractivity contribution in [1.29, 1.82) is 5.26 Å². The van der Waals surface area contributed by atoms with Gasteiger partial charge in [-0.05, 0) is 48.6 Å². The molecule has 0 aliphatic heterocycles. The molecule has 1 heterocycles. The van der Waals surface area contributed by atoms with Gasteiger partial charge in [-0.3, -0.25) is 4.79 Å². The number of hydrogen-bond acceptors (Lipinski definition) is 4. The van der Waals surface area contributed by atoms with Gasteiger partial charge >= 0.3 is 0 Å². The van der Waals surface area contributed by atoms with E-state index in [9.17, 15) is 4.79 Å². The zero-order valence-corrected chi connectivity index (χ0v) is 15.5. The molecule has 3 aromatic rings. The lowest BCUT2D eigenvalue weighted by Crippen LogP contribution is -2.39. The van der Waals surface area contributed by atoms with E-state index >= 15 is 0 Å². The van der Waals surface area contributed by atoms with Crippen LogP contribution in [-0.4, -0.2) is 23.0 Å². The highest BCUT2D eigenvalue weighted by Crippen LogP contribution is 2.24. The van der Waals surface area contributed by atoms with E-state index in [0.29, 0.717) is 11.4 Å². The second-order valence-electron chi connectivity index (χ2n) is 7.09. The minimum Gasteiger partial charge on any atom is -0.474 e. The summed E-state index contributed by atoms with van der Waals surface area (Å²) in [6, 6.07) is 19.4. The van der Waals surface area contributed by atoms with Gasteiger partial charge in [0.2, 0.25) is 5.88 Å². The van der Waals surface area contributed by atoms with Crippen molar-refractivity contribution in [3.63, 3.8) is 0 Å². The van der Waals surface area contributed by atoms with Crippen LogP contribution in [0.2, 0.25) is 0 Å². The quantitative estimate of drug-likeness (QED) is 0.745. The van der Waals surface area contributed by atoms with Gasteiger partial charge < -0.3 is 10.1 Å². The number of fused-ring (bicyclic) bond motifs is 1. The molecular formula is C23H21N3O2. The number of nitrogens with one attached hydrogen (secondary N) is 1. The molecule has 1 N–H and O–H groups in total. The van der Waals surface area contributed by atoms with Gasteiger partial charge in [-0.2, -0.15) is 5.26 Å². The van der Waals surface area contributed by atoms with Crippen LogP contribution >= 0.6 is 0 Å². The number of aromatic nitrogens is 1. The number of hydrogen-bond donors (Lipinski definition) is 1. The highest BCUT2D eigenvalue weighted by Gasteiger charge is 2.24. The maximum atomic E-state index is 12.8. The lowest BCUT2D eigenvalue weighted by Gasteiger charge is -2.29. The first-order valence-electron chi connectivity index (χ1n) is 9.54. The molecule has 4 rings (SSSR count). The summed E-state index contributed by atoms with van der Waals surface area (Å²) in [5.74, 6) is 0.525. The molecular weight excluding hydrogens is 350 g/mol. The number of carbonyl (C=O) groups is 1. The average molecular weight is 371 g/mol. The molecule has 5 heteroatoms. The van der Waals surface area contributed by atoms with Crippen molar-refractivity contribution >= 4 is 16.7 Å². The first-order valence-corrected chi connectivity index (χ1v) is 9.54. The standard InChI is InChI=1S/C23H21N3O2/c24-14-16-8-13-22(25-15-16)28-19-11-9-18(10-12-19)26-23(27)21-7-3-5-17-4-1-2-6-20(17)21/h1-8,13,15,18-19H,9-12H2,(H,26,27). The van der Waals surface area contributed by atoms with Crippen molar-refractivity contribution in [3.05, 3.63) is 71.9 Å². The molecule has 140 valence electrons. The van der Waals surface area contributed by atoms with Gasteiger partial charge in [-0.1, -0.05) is 36.4 Å². The summed E-state index contributed by atoms with van der Waals surface area (Å²) in [7, 11) is 0. The predicted molar refractivity (Wildman–Crippen MR) is 107 cm³/mol. The first kappa shape index (κ1) is 18.0. The monoisotopic (exact) mass is 371 g/mol. The second kappa shape index (κ2) is 8.10. The van der Waals surface area contributed by atoms with Crippen LogP contribution in [-0.2, 0) is 0 Å². The van der Waals surface area contributed by atoms with Gasteiger partial charge in [0, 0.05) is 23.9 Å². The summed E-state index contributed by atoms with van der Waals surface area (Å²) in [4.78, 5) is 16.9. The van der Waals surface area contributed by atoms with Crippen LogP contribution < -0.4 is 10.1 Å². The summed E-state index contributed by atoms with van der Waals surface area (Å²) in [5.41, 5.74) is 1.24. The fourth-order valence-corrected chi connectivity index (χ4v) is 3.70. The van der Waals surface area contributed by atoms with Crippen LogP contribution in [0.1, 0.15) is 41.6 Å². The van der Waals surface area contributed by atoms with Crippen molar-refractivity contribution < 1.29 is 9.53 Å². The van der Waals surface area contributed by atoms with Crippen molar-refractivity contribution in [3.8, 4) is 11.9 Å². The van der Waals surface area contributed by atoms with E-state index in [1.165, 1.54) is 6.20 Å². The molecule has 0 unspecified atom stereocenters. The summed E-state index contributed by atoms with van der Waals surface area (Å²) < 4.78 is 5.92. The third kappa shape index (κ3) is 3.96. The molecule has 0 spiro atoms. The molecule has 1 fully saturated rings. The molecule has 1 aromatic heterocycles. The third-order valence-electron chi connectivity index (χ3n) is 5.20. The molecule has 0 bridgehead atoms. The van der Waals surface area contributed by atoms with Gasteiger partial charge in [0.25, 0.3) is 5.91 Å². The zero-order valence-electron chi connectivity index (χ0n) is 15.5. The van der Waals surface area contributed by atoms with E-state index < -0.39 is 0 Å².